The number of amides is 1. The van der Waals surface area contributed by atoms with Gasteiger partial charge < -0.3 is 15.2 Å². The van der Waals surface area contributed by atoms with Gasteiger partial charge in [-0.15, -0.1) is 0 Å². The van der Waals surface area contributed by atoms with E-state index in [1.807, 2.05) is 0 Å². The molecule has 0 aromatic carbocycles. The van der Waals surface area contributed by atoms with Gasteiger partial charge in [0.05, 0.1) is 6.54 Å². The lowest BCUT2D eigenvalue weighted by molar-refractivity contribution is -0.137. The van der Waals surface area contributed by atoms with E-state index in [-0.39, 0.29) is 6.54 Å². The summed E-state index contributed by atoms with van der Waals surface area (Å²) in [6.45, 7) is 0.519. The summed E-state index contributed by atoms with van der Waals surface area (Å²) in [4.78, 5) is 14.9. The van der Waals surface area contributed by atoms with Crippen LogP contribution in [0.5, 0.6) is 0 Å². The van der Waals surface area contributed by atoms with E-state index in [0.29, 0.717) is 24.7 Å². The molecule has 0 fully saturated rings. The maximum absolute atomic E-state index is 11.8. The van der Waals surface area contributed by atoms with E-state index >= 15 is 0 Å². The Balaban J connectivity index is 2.09. The third-order valence-electron chi connectivity index (χ3n) is 1.86. The number of hydrogen-bond acceptors (Lipinski definition) is 5. The lowest BCUT2D eigenvalue weighted by Crippen LogP contribution is -2.39. The number of rotatable bonds is 6. The predicted molar refractivity (Wildman–Crippen MR) is 54.7 cm³/mol. The smallest absolute Gasteiger partial charge is 0.346 e. The lowest BCUT2D eigenvalue weighted by Gasteiger charge is -2.08. The molecule has 1 aromatic rings. The third kappa shape index (κ3) is 6.18. The van der Waals surface area contributed by atoms with Crippen LogP contribution in [0, 0.1) is 6.92 Å². The summed E-state index contributed by atoms with van der Waals surface area (Å²) in [5.41, 5.74) is 0. The third-order valence-corrected chi connectivity index (χ3v) is 1.86. The number of halogens is 3. The second-order valence-corrected chi connectivity index (χ2v) is 3.55. The van der Waals surface area contributed by atoms with Gasteiger partial charge in [-0.2, -0.15) is 18.2 Å². The molecule has 102 valence electrons. The molecule has 0 unspecified atom stereocenters. The van der Waals surface area contributed by atoms with Gasteiger partial charge in [-0.05, 0) is 6.92 Å². The summed E-state index contributed by atoms with van der Waals surface area (Å²) in [7, 11) is 0. The van der Waals surface area contributed by atoms with Crippen molar-refractivity contribution in [3.8, 4) is 0 Å². The van der Waals surface area contributed by atoms with Crippen molar-refractivity contribution in [1.29, 1.82) is 0 Å². The Labute approximate surface area is 101 Å². The minimum Gasteiger partial charge on any atom is -0.346 e. The number of carbonyl (C=O) groups excluding carboxylic acids is 1. The van der Waals surface area contributed by atoms with Gasteiger partial charge in [0.2, 0.25) is 11.8 Å². The van der Waals surface area contributed by atoms with E-state index in [9.17, 15) is 18.0 Å². The van der Waals surface area contributed by atoms with Gasteiger partial charge >= 0.3 is 6.18 Å². The SMILES string of the molecule is Cc1noc(CCNCC(=O)NCC(F)(F)F)n1. The monoisotopic (exact) mass is 266 g/mol. The van der Waals surface area contributed by atoms with E-state index in [1.165, 1.54) is 0 Å². The Morgan fingerprint density at radius 2 is 2.17 bits per heavy atom. The minimum atomic E-state index is -4.39. The van der Waals surface area contributed by atoms with Crippen LogP contribution in [-0.4, -0.2) is 41.9 Å². The molecule has 1 amide bonds. The zero-order valence-electron chi connectivity index (χ0n) is 9.67. The molecule has 0 aliphatic heterocycles. The van der Waals surface area contributed by atoms with E-state index in [0.717, 1.165) is 0 Å². The molecule has 0 spiro atoms. The molecule has 0 radical (unpaired) electrons. The summed E-state index contributed by atoms with van der Waals surface area (Å²) in [5, 5.41) is 7.99. The summed E-state index contributed by atoms with van der Waals surface area (Å²) < 4.78 is 40.1. The first-order valence-corrected chi connectivity index (χ1v) is 5.20. The number of nitrogens with zero attached hydrogens (tertiary/aromatic N) is 2. The highest BCUT2D eigenvalue weighted by molar-refractivity contribution is 5.77. The van der Waals surface area contributed by atoms with Crippen LogP contribution in [0.25, 0.3) is 0 Å². The Bertz CT molecular complexity index is 391. The van der Waals surface area contributed by atoms with E-state index in [1.54, 1.807) is 12.2 Å². The van der Waals surface area contributed by atoms with Gasteiger partial charge in [-0.25, -0.2) is 0 Å². The van der Waals surface area contributed by atoms with Gasteiger partial charge in [-0.1, -0.05) is 5.16 Å². The van der Waals surface area contributed by atoms with Crippen LogP contribution in [0.4, 0.5) is 13.2 Å². The van der Waals surface area contributed by atoms with E-state index < -0.39 is 18.6 Å². The van der Waals surface area contributed by atoms with Crippen LogP contribution in [0.2, 0.25) is 0 Å². The maximum Gasteiger partial charge on any atom is 0.405 e. The number of hydrogen-bond donors (Lipinski definition) is 2. The average Bonchev–Trinajstić information content (AvgIpc) is 2.67. The second kappa shape index (κ2) is 6.34. The van der Waals surface area contributed by atoms with Gasteiger partial charge in [0.25, 0.3) is 0 Å². The van der Waals surface area contributed by atoms with Crippen LogP contribution in [0.15, 0.2) is 4.52 Å². The molecule has 18 heavy (non-hydrogen) atoms. The zero-order chi connectivity index (χ0) is 13.6. The molecule has 0 atom stereocenters. The lowest BCUT2D eigenvalue weighted by atomic mass is 10.4. The summed E-state index contributed by atoms with van der Waals surface area (Å²) >= 11 is 0. The molecule has 0 aliphatic rings. The topological polar surface area (TPSA) is 80.0 Å². The Kier molecular flexibility index (Phi) is 5.08. The molecule has 1 rings (SSSR count). The highest BCUT2D eigenvalue weighted by Gasteiger charge is 2.27. The van der Waals surface area contributed by atoms with Crippen molar-refractivity contribution in [2.24, 2.45) is 0 Å². The molecule has 0 aliphatic carbocycles. The standard InChI is InChI=1S/C9H13F3N4O2/c1-6-15-8(18-16-6)2-3-13-4-7(17)14-5-9(10,11)12/h13H,2-5H2,1H3,(H,14,17). The van der Waals surface area contributed by atoms with Crippen molar-refractivity contribution >= 4 is 5.91 Å². The fourth-order valence-corrected chi connectivity index (χ4v) is 1.10. The second-order valence-electron chi connectivity index (χ2n) is 3.55. The first kappa shape index (κ1) is 14.4. The quantitative estimate of drug-likeness (QED) is 0.718. The highest BCUT2D eigenvalue weighted by atomic mass is 19.4. The van der Waals surface area contributed by atoms with Gasteiger partial charge in [0, 0.05) is 13.0 Å². The fourth-order valence-electron chi connectivity index (χ4n) is 1.10. The Morgan fingerprint density at radius 3 is 2.72 bits per heavy atom. The number of alkyl halides is 3. The molecule has 2 N–H and O–H groups in total. The average molecular weight is 266 g/mol. The normalized spacial score (nSPS) is 11.6. The molecule has 0 saturated carbocycles. The van der Waals surface area contributed by atoms with Crippen LogP contribution >= 0.6 is 0 Å². The molecular formula is C9H13F3N4O2. The molecule has 0 saturated heterocycles. The number of aryl methyl sites for hydroxylation is 1. The van der Waals surface area contributed by atoms with Gasteiger partial charge in [0.15, 0.2) is 5.82 Å². The molecule has 0 bridgehead atoms. The molecule has 9 heteroatoms. The predicted octanol–water partition coefficient (Wildman–Crippen LogP) is 0.189. The van der Waals surface area contributed by atoms with Crippen LogP contribution in [0.1, 0.15) is 11.7 Å². The Morgan fingerprint density at radius 1 is 1.44 bits per heavy atom. The molecule has 6 nitrogen and oxygen atoms in total. The van der Waals surface area contributed by atoms with Crippen LogP contribution in [-0.2, 0) is 11.2 Å². The maximum atomic E-state index is 11.8. The Hall–Kier alpha value is -1.64. The van der Waals surface area contributed by atoms with E-state index in [4.69, 9.17) is 4.52 Å². The summed E-state index contributed by atoms with van der Waals surface area (Å²) in [6, 6.07) is 0. The first-order chi connectivity index (χ1) is 8.37. The van der Waals surface area contributed by atoms with Crippen molar-refractivity contribution in [3.63, 3.8) is 0 Å². The van der Waals surface area contributed by atoms with Gasteiger partial charge in [-0.3, -0.25) is 4.79 Å². The molecule has 1 aromatic heterocycles. The number of aromatic nitrogens is 2. The fraction of sp³-hybridized carbons (Fsp3) is 0.667. The van der Waals surface area contributed by atoms with E-state index in [2.05, 4.69) is 15.5 Å². The summed E-state index contributed by atoms with van der Waals surface area (Å²) in [5.74, 6) is 0.206. The van der Waals surface area contributed by atoms with Crippen LogP contribution < -0.4 is 10.6 Å². The van der Waals surface area contributed by atoms with Crippen LogP contribution in [0.3, 0.4) is 0 Å². The van der Waals surface area contributed by atoms with Crippen molar-refractivity contribution in [3.05, 3.63) is 11.7 Å². The van der Waals surface area contributed by atoms with Crippen molar-refractivity contribution in [2.75, 3.05) is 19.6 Å². The van der Waals surface area contributed by atoms with Gasteiger partial charge in [0.1, 0.15) is 6.54 Å². The summed E-state index contributed by atoms with van der Waals surface area (Å²) in [6.07, 6.45) is -3.98. The largest absolute Gasteiger partial charge is 0.405 e. The van der Waals surface area contributed by atoms with Crippen molar-refractivity contribution in [2.45, 2.75) is 19.5 Å². The molecular weight excluding hydrogens is 253 g/mol. The number of carbonyl (C=O) groups is 1. The van der Waals surface area contributed by atoms with Crippen molar-refractivity contribution in [1.82, 2.24) is 20.8 Å². The zero-order valence-corrected chi connectivity index (χ0v) is 9.67. The number of nitrogens with one attached hydrogen (secondary N) is 2. The first-order valence-electron chi connectivity index (χ1n) is 5.20. The minimum absolute atomic E-state index is 0.191. The molecule has 1 heterocycles. The van der Waals surface area contributed by atoms with Crippen molar-refractivity contribution < 1.29 is 22.5 Å². The highest BCUT2D eigenvalue weighted by Crippen LogP contribution is 2.11.